The van der Waals surface area contributed by atoms with Crippen LogP contribution in [0, 0.1) is 19.8 Å². The number of nitrogens with zero attached hydrogens (tertiary/aromatic N) is 1. The summed E-state index contributed by atoms with van der Waals surface area (Å²) < 4.78 is 0. The van der Waals surface area contributed by atoms with E-state index < -0.39 is 24.5 Å². The highest BCUT2D eigenvalue weighted by Gasteiger charge is 2.36. The summed E-state index contributed by atoms with van der Waals surface area (Å²) in [7, 11) is 0. The maximum atomic E-state index is 12.9. The van der Waals surface area contributed by atoms with Crippen LogP contribution in [0.1, 0.15) is 42.4 Å². The first kappa shape index (κ1) is 24.3. The van der Waals surface area contributed by atoms with Crippen LogP contribution in [0.4, 0.5) is 5.69 Å². The van der Waals surface area contributed by atoms with E-state index in [0.717, 1.165) is 40.3 Å². The number of hydrogen-bond acceptors (Lipinski definition) is 5. The Morgan fingerprint density at radius 2 is 1.67 bits per heavy atom. The minimum Gasteiger partial charge on any atom is -0.480 e. The molecular weight excluding hydrogens is 424 g/mol. The fourth-order valence-corrected chi connectivity index (χ4v) is 4.09. The van der Waals surface area contributed by atoms with Gasteiger partial charge in [-0.1, -0.05) is 31.0 Å². The maximum Gasteiger partial charge on any atom is 0.332 e. The SMILES string of the molecule is Cc1cc(C)cc(NC(=O)Cc2ccc(ON(C(=O)C3CCCC3)[C@@H](CO)C(=O)O)cc2)c1. The minimum atomic E-state index is -1.50. The van der Waals surface area contributed by atoms with E-state index in [1.807, 2.05) is 32.0 Å². The highest BCUT2D eigenvalue weighted by Crippen LogP contribution is 2.28. The molecule has 176 valence electrons. The molecule has 1 saturated carbocycles. The number of nitrogens with one attached hydrogen (secondary N) is 1. The second-order valence-corrected chi connectivity index (χ2v) is 8.52. The molecule has 3 rings (SSSR count). The van der Waals surface area contributed by atoms with Crippen molar-refractivity contribution in [1.82, 2.24) is 5.06 Å². The van der Waals surface area contributed by atoms with Crippen LogP contribution in [0.15, 0.2) is 42.5 Å². The van der Waals surface area contributed by atoms with E-state index in [-0.39, 0.29) is 24.0 Å². The predicted molar refractivity (Wildman–Crippen MR) is 123 cm³/mol. The molecular formula is C25H30N2O6. The molecule has 0 bridgehead atoms. The number of benzene rings is 2. The lowest BCUT2D eigenvalue weighted by molar-refractivity contribution is -0.183. The van der Waals surface area contributed by atoms with Gasteiger partial charge in [-0.2, -0.15) is 5.06 Å². The van der Waals surface area contributed by atoms with Gasteiger partial charge in [0.1, 0.15) is 0 Å². The van der Waals surface area contributed by atoms with Crippen molar-refractivity contribution < 1.29 is 29.4 Å². The molecule has 3 N–H and O–H groups in total. The summed E-state index contributed by atoms with van der Waals surface area (Å²) in [5.74, 6) is -2.02. The molecule has 8 nitrogen and oxygen atoms in total. The van der Waals surface area contributed by atoms with Crippen LogP contribution in [-0.2, 0) is 20.8 Å². The van der Waals surface area contributed by atoms with Gasteiger partial charge in [0.2, 0.25) is 5.91 Å². The van der Waals surface area contributed by atoms with Crippen molar-refractivity contribution in [2.45, 2.75) is 52.0 Å². The van der Waals surface area contributed by atoms with Gasteiger partial charge < -0.3 is 20.4 Å². The highest BCUT2D eigenvalue weighted by molar-refractivity contribution is 5.92. The Morgan fingerprint density at radius 1 is 1.06 bits per heavy atom. The standard InChI is InChI=1S/C25H30N2O6/c1-16-11-17(2)13-20(12-16)26-23(29)14-18-7-9-21(10-8-18)33-27(22(15-28)25(31)32)24(30)19-5-3-4-6-19/h7-13,19,22,28H,3-6,14-15H2,1-2H3,(H,26,29)(H,31,32)/t22-/m0/s1. The molecule has 0 aromatic heterocycles. The Hall–Kier alpha value is -3.39. The van der Waals surface area contributed by atoms with E-state index in [9.17, 15) is 24.6 Å². The number of hydroxylamine groups is 2. The zero-order chi connectivity index (χ0) is 24.0. The van der Waals surface area contributed by atoms with E-state index in [2.05, 4.69) is 5.32 Å². The topological polar surface area (TPSA) is 116 Å². The summed E-state index contributed by atoms with van der Waals surface area (Å²) in [5, 5.41) is 22.6. The van der Waals surface area contributed by atoms with E-state index in [4.69, 9.17) is 4.84 Å². The number of carbonyl (C=O) groups excluding carboxylic acids is 2. The Balaban J connectivity index is 1.67. The average molecular weight is 455 g/mol. The number of hydrogen-bond donors (Lipinski definition) is 3. The molecule has 1 fully saturated rings. The van der Waals surface area contributed by atoms with E-state index in [0.29, 0.717) is 12.8 Å². The number of carboxylic acid groups (broad SMARTS) is 1. The molecule has 1 atom stereocenters. The zero-order valence-corrected chi connectivity index (χ0v) is 18.9. The number of rotatable bonds is 9. The van der Waals surface area contributed by atoms with Gasteiger partial charge in [0, 0.05) is 11.6 Å². The van der Waals surface area contributed by atoms with Crippen molar-refractivity contribution in [3.8, 4) is 5.75 Å². The van der Waals surface area contributed by atoms with Gasteiger partial charge in [-0.3, -0.25) is 9.59 Å². The smallest absolute Gasteiger partial charge is 0.332 e. The second kappa shape index (κ2) is 11.0. The summed E-state index contributed by atoms with van der Waals surface area (Å²) in [4.78, 5) is 42.5. The second-order valence-electron chi connectivity index (χ2n) is 8.52. The zero-order valence-electron chi connectivity index (χ0n) is 18.9. The Morgan fingerprint density at radius 3 is 2.21 bits per heavy atom. The molecule has 8 heteroatoms. The van der Waals surface area contributed by atoms with Crippen LogP contribution in [-0.4, -0.2) is 45.7 Å². The van der Waals surface area contributed by atoms with Crippen LogP contribution >= 0.6 is 0 Å². The molecule has 0 heterocycles. The average Bonchev–Trinajstić information content (AvgIpc) is 3.28. The van der Waals surface area contributed by atoms with Gasteiger partial charge >= 0.3 is 5.97 Å². The Labute approximate surface area is 193 Å². The van der Waals surface area contributed by atoms with Crippen LogP contribution in [0.25, 0.3) is 0 Å². The van der Waals surface area contributed by atoms with Crippen molar-refractivity contribution in [3.05, 3.63) is 59.2 Å². The van der Waals surface area contributed by atoms with E-state index in [1.165, 1.54) is 0 Å². The number of aliphatic carboxylic acids is 1. The number of aryl methyl sites for hydroxylation is 2. The molecule has 2 aromatic carbocycles. The lowest BCUT2D eigenvalue weighted by Gasteiger charge is -2.29. The summed E-state index contributed by atoms with van der Waals surface area (Å²) in [6.07, 6.45) is 3.29. The Kier molecular flexibility index (Phi) is 8.06. The summed E-state index contributed by atoms with van der Waals surface area (Å²) in [5.41, 5.74) is 3.59. The molecule has 1 aliphatic rings. The first-order chi connectivity index (χ1) is 15.8. The van der Waals surface area contributed by atoms with Crippen LogP contribution in [0.2, 0.25) is 0 Å². The number of aliphatic hydroxyl groups excluding tert-OH is 1. The minimum absolute atomic E-state index is 0.145. The van der Waals surface area contributed by atoms with Crippen LogP contribution in [0.5, 0.6) is 5.75 Å². The monoisotopic (exact) mass is 454 g/mol. The summed E-state index contributed by atoms with van der Waals surface area (Å²) in [6.45, 7) is 3.17. The van der Waals surface area contributed by atoms with Gasteiger partial charge in [0.25, 0.3) is 5.91 Å². The number of anilines is 1. The third-order valence-corrected chi connectivity index (χ3v) is 5.66. The van der Waals surface area contributed by atoms with Crippen LogP contribution in [0.3, 0.4) is 0 Å². The molecule has 33 heavy (non-hydrogen) atoms. The molecule has 0 aliphatic heterocycles. The lowest BCUT2D eigenvalue weighted by atomic mass is 10.1. The number of carbonyl (C=O) groups is 3. The molecule has 2 amide bonds. The largest absolute Gasteiger partial charge is 0.480 e. The van der Waals surface area contributed by atoms with Gasteiger partial charge in [-0.05, 0) is 67.6 Å². The van der Waals surface area contributed by atoms with Gasteiger partial charge in [0.15, 0.2) is 11.8 Å². The summed E-state index contributed by atoms with van der Waals surface area (Å²) >= 11 is 0. The van der Waals surface area contributed by atoms with E-state index >= 15 is 0 Å². The van der Waals surface area contributed by atoms with Crippen molar-refractivity contribution >= 4 is 23.5 Å². The Bertz CT molecular complexity index is 978. The fraction of sp³-hybridized carbons (Fsp3) is 0.400. The highest BCUT2D eigenvalue weighted by atomic mass is 16.7. The van der Waals surface area contributed by atoms with Gasteiger partial charge in [0.05, 0.1) is 13.0 Å². The first-order valence-electron chi connectivity index (χ1n) is 11.1. The molecule has 0 saturated heterocycles. The third kappa shape index (κ3) is 6.55. The fourth-order valence-electron chi connectivity index (χ4n) is 4.09. The molecule has 0 spiro atoms. The van der Waals surface area contributed by atoms with Crippen molar-refractivity contribution in [2.75, 3.05) is 11.9 Å². The van der Waals surface area contributed by atoms with Crippen molar-refractivity contribution in [2.24, 2.45) is 5.92 Å². The molecule has 0 unspecified atom stereocenters. The normalized spacial score (nSPS) is 14.5. The van der Waals surface area contributed by atoms with Crippen molar-refractivity contribution in [3.63, 3.8) is 0 Å². The number of aliphatic hydroxyl groups is 1. The first-order valence-corrected chi connectivity index (χ1v) is 11.1. The molecule has 1 aliphatic carbocycles. The third-order valence-electron chi connectivity index (χ3n) is 5.66. The number of amides is 2. The molecule has 0 radical (unpaired) electrons. The van der Waals surface area contributed by atoms with Crippen LogP contribution < -0.4 is 10.2 Å². The lowest BCUT2D eigenvalue weighted by Crippen LogP contribution is -2.51. The van der Waals surface area contributed by atoms with Gasteiger partial charge in [-0.25, -0.2) is 4.79 Å². The predicted octanol–water partition coefficient (Wildman–Crippen LogP) is 3.24. The maximum absolute atomic E-state index is 12.9. The molecule has 2 aromatic rings. The summed E-state index contributed by atoms with van der Waals surface area (Å²) in [6, 6.07) is 10.8. The van der Waals surface area contributed by atoms with Gasteiger partial charge in [-0.15, -0.1) is 0 Å². The number of carboxylic acids is 1. The quantitative estimate of drug-likeness (QED) is 0.501. The van der Waals surface area contributed by atoms with Crippen molar-refractivity contribution in [1.29, 1.82) is 0 Å². The van der Waals surface area contributed by atoms with E-state index in [1.54, 1.807) is 24.3 Å².